The molecule has 0 bridgehead atoms. The van der Waals surface area contributed by atoms with Gasteiger partial charge < -0.3 is 15.7 Å². The Kier molecular flexibility index (Phi) is 3.04. The van der Waals surface area contributed by atoms with E-state index in [2.05, 4.69) is 10.1 Å². The largest absolute Gasteiger partial charge is 0.476 e. The molecule has 86 valence electrons. The highest BCUT2D eigenvalue weighted by atomic mass is 32.1. The summed E-state index contributed by atoms with van der Waals surface area (Å²) in [5, 5.41) is 14.4. The first-order valence-corrected chi connectivity index (χ1v) is 5.69. The third kappa shape index (κ3) is 2.69. The highest BCUT2D eigenvalue weighted by molar-refractivity contribution is 7.13. The molecule has 0 atom stereocenters. The number of aliphatic carboxylic acids is 1. The summed E-state index contributed by atoms with van der Waals surface area (Å²) in [5.74, 6) is -0.639. The minimum absolute atomic E-state index is 0.200. The molecule has 1 saturated carbocycles. The lowest BCUT2D eigenvalue weighted by molar-refractivity contribution is -0.129. The normalized spacial score (nSPS) is 16.1. The number of carboxylic acid groups (broad SMARTS) is 1. The van der Waals surface area contributed by atoms with Crippen molar-refractivity contribution in [3.63, 3.8) is 0 Å². The Labute approximate surface area is 95.7 Å². The van der Waals surface area contributed by atoms with E-state index in [9.17, 15) is 4.79 Å². The molecule has 0 amide bonds. The van der Waals surface area contributed by atoms with Crippen LogP contribution in [0.4, 0.5) is 5.13 Å². The summed E-state index contributed by atoms with van der Waals surface area (Å²) in [6.45, 7) is 0.469. The van der Waals surface area contributed by atoms with Crippen LogP contribution in [0, 0.1) is 5.92 Å². The maximum atomic E-state index is 10.9. The molecule has 1 aromatic rings. The smallest absolute Gasteiger partial charge is 0.360 e. The second-order valence-corrected chi connectivity index (χ2v) is 4.44. The van der Waals surface area contributed by atoms with Crippen LogP contribution in [0.2, 0.25) is 0 Å². The van der Waals surface area contributed by atoms with Gasteiger partial charge in [0.15, 0.2) is 5.13 Å². The summed E-state index contributed by atoms with van der Waals surface area (Å²) in [6, 6.07) is 0. The molecule has 1 fully saturated rings. The fourth-order valence-corrected chi connectivity index (χ4v) is 1.63. The van der Waals surface area contributed by atoms with Crippen molar-refractivity contribution < 1.29 is 14.7 Å². The fourth-order valence-electron chi connectivity index (χ4n) is 1.08. The maximum absolute atomic E-state index is 10.9. The van der Waals surface area contributed by atoms with Crippen LogP contribution in [0.1, 0.15) is 18.5 Å². The average Bonchev–Trinajstić information content (AvgIpc) is 2.95. The Hall–Kier alpha value is -1.63. The number of oxime groups is 1. The van der Waals surface area contributed by atoms with E-state index in [4.69, 9.17) is 15.7 Å². The Morgan fingerprint density at radius 1 is 1.75 bits per heavy atom. The highest BCUT2D eigenvalue weighted by Gasteiger charge is 2.23. The van der Waals surface area contributed by atoms with Crippen LogP contribution in [0.15, 0.2) is 10.5 Å². The number of hydrogen-bond donors (Lipinski definition) is 2. The maximum Gasteiger partial charge on any atom is 0.360 e. The molecule has 0 aromatic carbocycles. The van der Waals surface area contributed by atoms with Crippen LogP contribution >= 0.6 is 11.3 Å². The van der Waals surface area contributed by atoms with E-state index in [-0.39, 0.29) is 11.4 Å². The lowest BCUT2D eigenvalue weighted by Crippen LogP contribution is -2.16. The summed E-state index contributed by atoms with van der Waals surface area (Å²) in [6.07, 6.45) is 2.25. The van der Waals surface area contributed by atoms with Gasteiger partial charge in [-0.3, -0.25) is 0 Å². The Balaban J connectivity index is 2.06. The quantitative estimate of drug-likeness (QED) is 0.590. The summed E-state index contributed by atoms with van der Waals surface area (Å²) < 4.78 is 0. The van der Waals surface area contributed by atoms with E-state index in [0.717, 1.165) is 12.8 Å². The third-order valence-corrected chi connectivity index (χ3v) is 2.80. The predicted octanol–water partition coefficient (Wildman–Crippen LogP) is 0.941. The first-order chi connectivity index (χ1) is 7.66. The third-order valence-electron chi connectivity index (χ3n) is 2.13. The highest BCUT2D eigenvalue weighted by Crippen LogP contribution is 2.28. The molecule has 6 nitrogen and oxygen atoms in total. The Morgan fingerprint density at radius 3 is 3.00 bits per heavy atom. The monoisotopic (exact) mass is 241 g/mol. The zero-order valence-electron chi connectivity index (χ0n) is 8.42. The minimum Gasteiger partial charge on any atom is -0.476 e. The lowest BCUT2D eigenvalue weighted by Gasteiger charge is -1.98. The van der Waals surface area contributed by atoms with Gasteiger partial charge in [0.2, 0.25) is 5.71 Å². The first kappa shape index (κ1) is 10.9. The lowest BCUT2D eigenvalue weighted by atomic mass is 10.3. The van der Waals surface area contributed by atoms with Gasteiger partial charge in [-0.15, -0.1) is 11.3 Å². The molecule has 1 aliphatic carbocycles. The summed E-state index contributed by atoms with van der Waals surface area (Å²) in [7, 11) is 0. The minimum atomic E-state index is -1.17. The number of carboxylic acids is 1. The van der Waals surface area contributed by atoms with Crippen LogP contribution in [0.5, 0.6) is 0 Å². The van der Waals surface area contributed by atoms with Crippen LogP contribution < -0.4 is 5.73 Å². The number of nitrogens with two attached hydrogens (primary N) is 1. The van der Waals surface area contributed by atoms with Gasteiger partial charge >= 0.3 is 5.97 Å². The molecule has 7 heteroatoms. The van der Waals surface area contributed by atoms with Gasteiger partial charge in [0.1, 0.15) is 12.3 Å². The number of hydrogen-bond acceptors (Lipinski definition) is 6. The number of nitrogen functional groups attached to an aromatic ring is 1. The number of thiazole rings is 1. The fraction of sp³-hybridized carbons (Fsp3) is 0.444. The van der Waals surface area contributed by atoms with Crippen LogP contribution in [-0.4, -0.2) is 28.4 Å². The molecule has 0 radical (unpaired) electrons. The van der Waals surface area contributed by atoms with E-state index in [1.54, 1.807) is 5.38 Å². The van der Waals surface area contributed by atoms with Gasteiger partial charge in [-0.25, -0.2) is 9.78 Å². The molecule has 0 unspecified atom stereocenters. The standard InChI is InChI=1S/C9H11N3O3S/c10-9-11-6(4-16-9)7(8(13)14)12-15-3-5-1-2-5/h4-5H,1-3H2,(H2,10,11)(H,13,14). The zero-order chi connectivity index (χ0) is 11.5. The Morgan fingerprint density at radius 2 is 2.50 bits per heavy atom. The van der Waals surface area contributed by atoms with Gasteiger partial charge in [0, 0.05) is 5.38 Å². The molecule has 1 aromatic heterocycles. The SMILES string of the molecule is Nc1nc(C(=NOCC2CC2)C(=O)O)cs1. The van der Waals surface area contributed by atoms with Crippen molar-refractivity contribution in [2.24, 2.45) is 11.1 Å². The number of carbonyl (C=O) groups is 1. The van der Waals surface area contributed by atoms with Crippen LogP contribution in [0.25, 0.3) is 0 Å². The van der Waals surface area contributed by atoms with E-state index in [1.165, 1.54) is 11.3 Å². The Bertz CT molecular complexity index is 425. The molecule has 16 heavy (non-hydrogen) atoms. The number of nitrogens with zero attached hydrogens (tertiary/aromatic N) is 2. The predicted molar refractivity (Wildman–Crippen MR) is 59.4 cm³/mol. The molecule has 1 heterocycles. The van der Waals surface area contributed by atoms with Crippen molar-refractivity contribution in [1.29, 1.82) is 0 Å². The topological polar surface area (TPSA) is 97.8 Å². The molecule has 0 aliphatic heterocycles. The second kappa shape index (κ2) is 4.48. The zero-order valence-corrected chi connectivity index (χ0v) is 9.24. The van der Waals surface area contributed by atoms with E-state index in [0.29, 0.717) is 17.7 Å². The molecular weight excluding hydrogens is 230 g/mol. The van der Waals surface area contributed by atoms with Crippen LogP contribution in [0.3, 0.4) is 0 Å². The van der Waals surface area contributed by atoms with Crippen molar-refractivity contribution in [2.45, 2.75) is 12.8 Å². The summed E-state index contributed by atoms with van der Waals surface area (Å²) >= 11 is 1.17. The van der Waals surface area contributed by atoms with Gasteiger partial charge in [-0.1, -0.05) is 5.16 Å². The first-order valence-electron chi connectivity index (χ1n) is 4.81. The van der Waals surface area contributed by atoms with Crippen molar-refractivity contribution in [3.05, 3.63) is 11.1 Å². The van der Waals surface area contributed by atoms with E-state index >= 15 is 0 Å². The molecule has 1 aliphatic rings. The van der Waals surface area contributed by atoms with Crippen molar-refractivity contribution >= 4 is 28.1 Å². The van der Waals surface area contributed by atoms with Gasteiger partial charge in [0.25, 0.3) is 0 Å². The average molecular weight is 241 g/mol. The summed E-state index contributed by atoms with van der Waals surface area (Å²) in [4.78, 5) is 19.7. The number of aromatic nitrogens is 1. The second-order valence-electron chi connectivity index (χ2n) is 3.56. The summed E-state index contributed by atoms with van der Waals surface area (Å²) in [5.41, 5.74) is 5.46. The van der Waals surface area contributed by atoms with Gasteiger partial charge in [0.05, 0.1) is 0 Å². The van der Waals surface area contributed by atoms with Crippen molar-refractivity contribution in [3.8, 4) is 0 Å². The van der Waals surface area contributed by atoms with Gasteiger partial charge in [-0.05, 0) is 18.8 Å². The molecular formula is C9H11N3O3S. The number of anilines is 1. The van der Waals surface area contributed by atoms with Crippen molar-refractivity contribution in [1.82, 2.24) is 4.98 Å². The van der Waals surface area contributed by atoms with E-state index in [1.807, 2.05) is 0 Å². The van der Waals surface area contributed by atoms with E-state index < -0.39 is 5.97 Å². The molecule has 3 N–H and O–H groups in total. The van der Waals surface area contributed by atoms with Crippen molar-refractivity contribution in [2.75, 3.05) is 12.3 Å². The molecule has 2 rings (SSSR count). The van der Waals surface area contributed by atoms with Crippen LogP contribution in [-0.2, 0) is 9.63 Å². The number of rotatable bonds is 5. The van der Waals surface area contributed by atoms with Gasteiger partial charge in [-0.2, -0.15) is 0 Å². The molecule has 0 spiro atoms. The molecule has 0 saturated heterocycles.